The number of rotatable bonds is 5. The second-order valence-electron chi connectivity index (χ2n) is 5.59. The Balaban J connectivity index is 2.14. The lowest BCUT2D eigenvalue weighted by Crippen LogP contribution is -2.28. The second kappa shape index (κ2) is 6.82. The van der Waals surface area contributed by atoms with Gasteiger partial charge in [0, 0.05) is 11.1 Å². The number of halogens is 1. The highest BCUT2D eigenvalue weighted by molar-refractivity contribution is 7.88. The molecule has 0 heterocycles. The molecule has 0 aromatic heterocycles. The Morgan fingerprint density at radius 2 is 1.73 bits per heavy atom. The zero-order valence-corrected chi connectivity index (χ0v) is 14.5. The molecule has 0 saturated heterocycles. The third-order valence-electron chi connectivity index (χ3n) is 3.53. The van der Waals surface area contributed by atoms with Gasteiger partial charge in [-0.1, -0.05) is 47.5 Å². The minimum atomic E-state index is -3.42. The van der Waals surface area contributed by atoms with Gasteiger partial charge in [0.15, 0.2) is 0 Å². The van der Waals surface area contributed by atoms with Crippen molar-refractivity contribution in [3.63, 3.8) is 0 Å². The first-order chi connectivity index (χ1) is 10.3. The highest BCUT2D eigenvalue weighted by Gasteiger charge is 2.18. The summed E-state index contributed by atoms with van der Waals surface area (Å²) in [5, 5.41) is 0.595. The van der Waals surface area contributed by atoms with Crippen LogP contribution in [0.2, 0.25) is 5.02 Å². The van der Waals surface area contributed by atoms with Gasteiger partial charge in [0.25, 0.3) is 0 Å². The number of aryl methyl sites for hydroxylation is 2. The average Bonchev–Trinajstić information content (AvgIpc) is 2.43. The molecule has 2 aromatic carbocycles. The van der Waals surface area contributed by atoms with Crippen molar-refractivity contribution in [1.82, 2.24) is 4.72 Å². The molecule has 0 aliphatic carbocycles. The smallest absolute Gasteiger partial charge is 0.212 e. The van der Waals surface area contributed by atoms with Gasteiger partial charge in [0.1, 0.15) is 0 Å². The van der Waals surface area contributed by atoms with E-state index >= 15 is 0 Å². The van der Waals surface area contributed by atoms with Gasteiger partial charge < -0.3 is 0 Å². The predicted octanol–water partition coefficient (Wildman–Crippen LogP) is 4.14. The Labute approximate surface area is 137 Å². The summed E-state index contributed by atoms with van der Waals surface area (Å²) < 4.78 is 27.4. The van der Waals surface area contributed by atoms with Gasteiger partial charge in [-0.2, -0.15) is 0 Å². The minimum Gasteiger partial charge on any atom is -0.212 e. The maximum Gasteiger partial charge on any atom is 0.216 e. The molecular weight excluding hydrogens is 318 g/mol. The molecule has 0 aliphatic heterocycles. The fourth-order valence-corrected chi connectivity index (χ4v) is 3.91. The summed E-state index contributed by atoms with van der Waals surface area (Å²) in [7, 11) is -3.42. The van der Waals surface area contributed by atoms with Crippen LogP contribution < -0.4 is 4.72 Å². The highest BCUT2D eigenvalue weighted by atomic mass is 35.5. The van der Waals surface area contributed by atoms with E-state index in [2.05, 4.69) is 4.72 Å². The molecule has 5 heteroatoms. The lowest BCUT2D eigenvalue weighted by Gasteiger charge is -2.17. The van der Waals surface area contributed by atoms with E-state index in [0.717, 1.165) is 16.7 Å². The van der Waals surface area contributed by atoms with E-state index in [1.54, 1.807) is 24.3 Å². The number of nitrogens with one attached hydrogen (secondary N) is 1. The van der Waals surface area contributed by atoms with Crippen molar-refractivity contribution < 1.29 is 8.42 Å². The lowest BCUT2D eigenvalue weighted by atomic mass is 10.0. The zero-order valence-electron chi connectivity index (χ0n) is 12.9. The molecule has 0 fully saturated rings. The molecular formula is C17H20ClNO2S. The van der Waals surface area contributed by atoms with Crippen molar-refractivity contribution in [2.75, 3.05) is 0 Å². The maximum atomic E-state index is 12.3. The van der Waals surface area contributed by atoms with Crippen LogP contribution >= 0.6 is 11.6 Å². The van der Waals surface area contributed by atoms with Crippen LogP contribution in [0, 0.1) is 13.8 Å². The Kier molecular flexibility index (Phi) is 5.27. The van der Waals surface area contributed by atoms with E-state index in [9.17, 15) is 8.42 Å². The van der Waals surface area contributed by atoms with Crippen molar-refractivity contribution >= 4 is 21.6 Å². The SMILES string of the molecule is Cc1ccc(C)c(C(C)NS(=O)(=O)Cc2ccc(Cl)cc2)c1. The van der Waals surface area contributed by atoms with E-state index in [1.807, 2.05) is 39.0 Å². The molecule has 2 aromatic rings. The van der Waals surface area contributed by atoms with Crippen molar-refractivity contribution in [2.24, 2.45) is 0 Å². The summed E-state index contributed by atoms with van der Waals surface area (Å²) >= 11 is 5.81. The molecule has 1 unspecified atom stereocenters. The minimum absolute atomic E-state index is 0.0562. The summed E-state index contributed by atoms with van der Waals surface area (Å²) in [6.07, 6.45) is 0. The van der Waals surface area contributed by atoms with E-state index in [-0.39, 0.29) is 11.8 Å². The summed E-state index contributed by atoms with van der Waals surface area (Å²) in [5.74, 6) is -0.0562. The van der Waals surface area contributed by atoms with Gasteiger partial charge in [0.2, 0.25) is 10.0 Å². The Hall–Kier alpha value is -1.36. The van der Waals surface area contributed by atoms with Crippen LogP contribution in [-0.4, -0.2) is 8.42 Å². The van der Waals surface area contributed by atoms with Gasteiger partial charge in [-0.3, -0.25) is 0 Å². The second-order valence-corrected chi connectivity index (χ2v) is 7.78. The average molecular weight is 338 g/mol. The van der Waals surface area contributed by atoms with E-state index in [0.29, 0.717) is 10.6 Å². The third-order valence-corrected chi connectivity index (χ3v) is 5.21. The van der Waals surface area contributed by atoms with Crippen LogP contribution in [0.5, 0.6) is 0 Å². The Morgan fingerprint density at radius 1 is 1.09 bits per heavy atom. The molecule has 3 nitrogen and oxygen atoms in total. The van der Waals surface area contributed by atoms with Crippen LogP contribution in [0.15, 0.2) is 42.5 Å². The van der Waals surface area contributed by atoms with E-state index in [4.69, 9.17) is 11.6 Å². The highest BCUT2D eigenvalue weighted by Crippen LogP contribution is 2.20. The molecule has 0 radical (unpaired) electrons. The predicted molar refractivity (Wildman–Crippen MR) is 91.5 cm³/mol. The zero-order chi connectivity index (χ0) is 16.3. The van der Waals surface area contributed by atoms with E-state index < -0.39 is 10.0 Å². The molecule has 1 atom stereocenters. The molecule has 1 N–H and O–H groups in total. The van der Waals surface area contributed by atoms with Crippen LogP contribution in [-0.2, 0) is 15.8 Å². The van der Waals surface area contributed by atoms with Crippen LogP contribution in [0.25, 0.3) is 0 Å². The largest absolute Gasteiger partial charge is 0.216 e. The van der Waals surface area contributed by atoms with Crippen LogP contribution in [0.4, 0.5) is 0 Å². The van der Waals surface area contributed by atoms with Gasteiger partial charge in [-0.25, -0.2) is 13.1 Å². The maximum absolute atomic E-state index is 12.3. The summed E-state index contributed by atoms with van der Waals surface area (Å²) in [4.78, 5) is 0. The fourth-order valence-electron chi connectivity index (χ4n) is 2.40. The van der Waals surface area contributed by atoms with Crippen molar-refractivity contribution in [2.45, 2.75) is 32.6 Å². The summed E-state index contributed by atoms with van der Waals surface area (Å²) in [6, 6.07) is 12.6. The third kappa shape index (κ3) is 4.57. The molecule has 0 aliphatic rings. The molecule has 2 rings (SSSR count). The number of hydrogen-bond donors (Lipinski definition) is 1. The topological polar surface area (TPSA) is 46.2 Å². The van der Waals surface area contributed by atoms with Crippen LogP contribution in [0.1, 0.15) is 35.2 Å². The summed E-state index contributed by atoms with van der Waals surface area (Å²) in [6.45, 7) is 5.85. The quantitative estimate of drug-likeness (QED) is 0.891. The number of hydrogen-bond acceptors (Lipinski definition) is 2. The fraction of sp³-hybridized carbons (Fsp3) is 0.294. The van der Waals surface area contributed by atoms with Crippen molar-refractivity contribution in [3.05, 3.63) is 69.7 Å². The first kappa shape index (κ1) is 17.0. The van der Waals surface area contributed by atoms with Gasteiger partial charge >= 0.3 is 0 Å². The van der Waals surface area contributed by atoms with Crippen molar-refractivity contribution in [3.8, 4) is 0 Å². The standard InChI is InChI=1S/C17H20ClNO2S/c1-12-4-5-13(2)17(10-12)14(3)19-22(20,21)11-15-6-8-16(18)9-7-15/h4-10,14,19H,11H2,1-3H3. The Morgan fingerprint density at radius 3 is 2.36 bits per heavy atom. The molecule has 0 spiro atoms. The van der Waals surface area contributed by atoms with E-state index in [1.165, 1.54) is 0 Å². The molecule has 22 heavy (non-hydrogen) atoms. The molecule has 0 bridgehead atoms. The molecule has 0 saturated carbocycles. The summed E-state index contributed by atoms with van der Waals surface area (Å²) in [5.41, 5.74) is 3.90. The monoisotopic (exact) mass is 337 g/mol. The lowest BCUT2D eigenvalue weighted by molar-refractivity contribution is 0.565. The first-order valence-corrected chi connectivity index (χ1v) is 9.11. The van der Waals surface area contributed by atoms with Gasteiger partial charge in [-0.05, 0) is 49.6 Å². The number of sulfonamides is 1. The van der Waals surface area contributed by atoms with Crippen LogP contribution in [0.3, 0.4) is 0 Å². The normalized spacial score (nSPS) is 13.1. The van der Waals surface area contributed by atoms with Gasteiger partial charge in [0.05, 0.1) is 5.75 Å². The first-order valence-electron chi connectivity index (χ1n) is 7.08. The Bertz CT molecular complexity index is 755. The number of benzene rings is 2. The van der Waals surface area contributed by atoms with Gasteiger partial charge in [-0.15, -0.1) is 0 Å². The molecule has 118 valence electrons. The van der Waals surface area contributed by atoms with Crippen molar-refractivity contribution in [1.29, 1.82) is 0 Å². The molecule has 0 amide bonds.